The lowest BCUT2D eigenvalue weighted by Crippen LogP contribution is -2.40. The highest BCUT2D eigenvalue weighted by atomic mass is 16.6. The predicted molar refractivity (Wildman–Crippen MR) is 189 cm³/mol. The van der Waals surface area contributed by atoms with Crippen LogP contribution in [0.5, 0.6) is 11.5 Å². The van der Waals surface area contributed by atoms with Crippen LogP contribution in [0, 0.1) is 0 Å². The summed E-state index contributed by atoms with van der Waals surface area (Å²) < 4.78 is 32.0. The Morgan fingerprint density at radius 2 is 1.39 bits per heavy atom. The average Bonchev–Trinajstić information content (AvgIpc) is 3.77. The quantitative estimate of drug-likeness (QED) is 0.161. The minimum absolute atomic E-state index is 0.0233. The van der Waals surface area contributed by atoms with Crippen LogP contribution >= 0.6 is 0 Å². The molecule has 1 saturated heterocycles. The maximum Gasteiger partial charge on any atom is 0.256 e. The molecule has 0 spiro atoms. The van der Waals surface area contributed by atoms with Gasteiger partial charge in [-0.15, -0.1) is 0 Å². The number of aliphatic hydroxyl groups excluding tert-OH is 1. The van der Waals surface area contributed by atoms with E-state index >= 15 is 0 Å². The van der Waals surface area contributed by atoms with E-state index in [1.54, 1.807) is 43.1 Å². The molecule has 7 rings (SSSR count). The molecule has 3 heterocycles. The third kappa shape index (κ3) is 6.41. The molecule has 51 heavy (non-hydrogen) atoms. The number of anilines is 1. The van der Waals surface area contributed by atoms with Crippen LogP contribution < -0.4 is 14.8 Å². The molecular weight excluding hydrogens is 650 g/mol. The molecule has 1 unspecified atom stereocenters. The SMILES string of the molecule is COc1ccc(C(OC[C@H]2O[C@@H](n3cnc4c(NC(=O)c5ccccc5)ncnc43)[C@@H](OC)C2O)(c2ccccc2)c2ccc(OC)cc2)cc1. The normalized spacial score (nSPS) is 18.8. The van der Waals surface area contributed by atoms with E-state index in [0.717, 1.165) is 16.7 Å². The van der Waals surface area contributed by atoms with Crippen molar-refractivity contribution < 1.29 is 33.6 Å². The van der Waals surface area contributed by atoms with Crippen molar-refractivity contribution in [2.45, 2.75) is 30.1 Å². The van der Waals surface area contributed by atoms with Crippen molar-refractivity contribution in [2.24, 2.45) is 0 Å². The molecule has 1 fully saturated rings. The summed E-state index contributed by atoms with van der Waals surface area (Å²) in [6.07, 6.45) is -0.668. The topological polar surface area (TPSA) is 139 Å². The molecule has 0 aliphatic carbocycles. The lowest BCUT2D eigenvalue weighted by atomic mass is 9.80. The molecule has 0 saturated carbocycles. The van der Waals surface area contributed by atoms with E-state index in [2.05, 4.69) is 20.3 Å². The Kier molecular flexibility index (Phi) is 9.73. The van der Waals surface area contributed by atoms with Gasteiger partial charge in [0.1, 0.15) is 41.7 Å². The van der Waals surface area contributed by atoms with E-state index in [1.165, 1.54) is 19.8 Å². The Morgan fingerprint density at radius 3 is 1.98 bits per heavy atom. The number of aliphatic hydroxyl groups is 1. The summed E-state index contributed by atoms with van der Waals surface area (Å²) in [5, 5.41) is 14.5. The summed E-state index contributed by atoms with van der Waals surface area (Å²) in [5.74, 6) is 1.32. The number of imidazole rings is 1. The molecule has 1 aliphatic heterocycles. The minimum Gasteiger partial charge on any atom is -0.497 e. The first-order valence-electron chi connectivity index (χ1n) is 16.4. The fraction of sp³-hybridized carbons (Fsp3) is 0.231. The number of hydrogen-bond acceptors (Lipinski definition) is 10. The van der Waals surface area contributed by atoms with Crippen LogP contribution in [0.1, 0.15) is 33.3 Å². The van der Waals surface area contributed by atoms with Gasteiger partial charge in [0.05, 0.1) is 27.2 Å². The van der Waals surface area contributed by atoms with E-state index in [1.807, 2.05) is 84.9 Å². The van der Waals surface area contributed by atoms with Crippen molar-refractivity contribution in [3.05, 3.63) is 144 Å². The van der Waals surface area contributed by atoms with Crippen LogP contribution in [-0.4, -0.2) is 76.8 Å². The number of carbonyl (C=O) groups is 1. The van der Waals surface area contributed by atoms with Gasteiger partial charge in [0.15, 0.2) is 23.2 Å². The zero-order chi connectivity index (χ0) is 35.4. The van der Waals surface area contributed by atoms with Crippen molar-refractivity contribution >= 4 is 22.9 Å². The van der Waals surface area contributed by atoms with E-state index < -0.39 is 30.1 Å². The van der Waals surface area contributed by atoms with Gasteiger partial charge in [-0.3, -0.25) is 9.36 Å². The molecule has 12 heteroatoms. The third-order valence-corrected chi connectivity index (χ3v) is 9.12. The molecule has 260 valence electrons. The van der Waals surface area contributed by atoms with Crippen molar-refractivity contribution in [3.63, 3.8) is 0 Å². The van der Waals surface area contributed by atoms with E-state index in [9.17, 15) is 9.90 Å². The van der Waals surface area contributed by atoms with Crippen molar-refractivity contribution in [1.82, 2.24) is 19.5 Å². The molecule has 1 aliphatic rings. The Bertz CT molecular complexity index is 2030. The summed E-state index contributed by atoms with van der Waals surface area (Å²) in [5.41, 5.74) is 2.66. The van der Waals surface area contributed by atoms with Gasteiger partial charge in [0.25, 0.3) is 5.91 Å². The average molecular weight is 688 g/mol. The van der Waals surface area contributed by atoms with Crippen LogP contribution in [0.15, 0.2) is 122 Å². The Labute approximate surface area is 294 Å². The van der Waals surface area contributed by atoms with Gasteiger partial charge in [-0.05, 0) is 53.1 Å². The molecule has 4 atom stereocenters. The van der Waals surface area contributed by atoms with E-state index in [-0.39, 0.29) is 18.3 Å². The number of hydrogen-bond donors (Lipinski definition) is 2. The summed E-state index contributed by atoms with van der Waals surface area (Å²) in [7, 11) is 4.76. The number of benzene rings is 4. The summed E-state index contributed by atoms with van der Waals surface area (Å²) in [6, 6.07) is 34.1. The van der Waals surface area contributed by atoms with Gasteiger partial charge in [-0.1, -0.05) is 72.8 Å². The first kappa shape index (κ1) is 33.8. The van der Waals surface area contributed by atoms with Crippen LogP contribution in [-0.2, 0) is 19.8 Å². The van der Waals surface area contributed by atoms with Crippen LogP contribution in [0.3, 0.4) is 0 Å². The summed E-state index contributed by atoms with van der Waals surface area (Å²) in [4.78, 5) is 26.2. The standard InChI is InChI=1S/C39H37N5O7/c1-47-29-18-14-27(15-19-29)39(26-12-8-5-9-13-26,28-16-20-30(48-2)21-17-28)50-22-31-33(45)34(49-3)38(51-31)44-24-42-32-35(40-23-41-36(32)44)43-37(46)25-10-6-4-7-11-25/h4-21,23-24,31,33-34,38,45H,22H2,1-3H3,(H,40,41,43,46)/t31-,33?,34+,38-/m1/s1. The number of carbonyl (C=O) groups excluding carboxylic acids is 1. The fourth-order valence-electron chi connectivity index (χ4n) is 6.52. The van der Waals surface area contributed by atoms with Crippen molar-refractivity contribution in [1.29, 1.82) is 0 Å². The predicted octanol–water partition coefficient (Wildman–Crippen LogP) is 5.38. The molecule has 0 radical (unpaired) electrons. The fourth-order valence-corrected chi connectivity index (χ4v) is 6.52. The highest BCUT2D eigenvalue weighted by Gasteiger charge is 2.48. The molecule has 2 N–H and O–H groups in total. The third-order valence-electron chi connectivity index (χ3n) is 9.12. The number of methoxy groups -OCH3 is 3. The number of aromatic nitrogens is 4. The van der Waals surface area contributed by atoms with Gasteiger partial charge in [-0.2, -0.15) is 0 Å². The Morgan fingerprint density at radius 1 is 0.804 bits per heavy atom. The molecule has 4 aromatic carbocycles. The van der Waals surface area contributed by atoms with Crippen LogP contribution in [0.25, 0.3) is 11.2 Å². The van der Waals surface area contributed by atoms with E-state index in [0.29, 0.717) is 28.2 Å². The largest absolute Gasteiger partial charge is 0.497 e. The number of ether oxygens (including phenoxy) is 5. The summed E-state index contributed by atoms with van der Waals surface area (Å²) in [6.45, 7) is -0.0233. The molecule has 12 nitrogen and oxygen atoms in total. The number of nitrogens with one attached hydrogen (secondary N) is 1. The number of nitrogens with zero attached hydrogens (tertiary/aromatic N) is 4. The van der Waals surface area contributed by atoms with Crippen LogP contribution in [0.4, 0.5) is 5.82 Å². The highest BCUT2D eigenvalue weighted by Crippen LogP contribution is 2.43. The zero-order valence-corrected chi connectivity index (χ0v) is 28.2. The van der Waals surface area contributed by atoms with Crippen molar-refractivity contribution in [2.75, 3.05) is 33.3 Å². The smallest absolute Gasteiger partial charge is 0.256 e. The highest BCUT2D eigenvalue weighted by molar-refractivity contribution is 6.06. The number of amides is 1. The molecule has 0 bridgehead atoms. The second kappa shape index (κ2) is 14.7. The van der Waals surface area contributed by atoms with Gasteiger partial charge in [-0.25, -0.2) is 15.0 Å². The summed E-state index contributed by atoms with van der Waals surface area (Å²) >= 11 is 0. The maximum absolute atomic E-state index is 12.9. The molecular formula is C39H37N5O7. The number of rotatable bonds is 12. The maximum atomic E-state index is 12.9. The molecule has 6 aromatic rings. The van der Waals surface area contributed by atoms with Gasteiger partial charge in [0, 0.05) is 12.7 Å². The van der Waals surface area contributed by atoms with E-state index in [4.69, 9.17) is 23.7 Å². The minimum atomic E-state index is -1.12. The van der Waals surface area contributed by atoms with Crippen LogP contribution in [0.2, 0.25) is 0 Å². The second-order valence-electron chi connectivity index (χ2n) is 11.9. The first-order chi connectivity index (χ1) is 25.0. The van der Waals surface area contributed by atoms with Gasteiger partial charge < -0.3 is 34.1 Å². The zero-order valence-electron chi connectivity index (χ0n) is 28.2. The first-order valence-corrected chi connectivity index (χ1v) is 16.4. The molecule has 1 amide bonds. The Balaban J connectivity index is 1.22. The lowest BCUT2D eigenvalue weighted by molar-refractivity contribution is -0.0948. The van der Waals surface area contributed by atoms with Crippen molar-refractivity contribution in [3.8, 4) is 11.5 Å². The van der Waals surface area contributed by atoms with Gasteiger partial charge in [0.2, 0.25) is 0 Å². The lowest BCUT2D eigenvalue weighted by Gasteiger charge is -2.37. The van der Waals surface area contributed by atoms with Gasteiger partial charge >= 0.3 is 0 Å². The number of fused-ring (bicyclic) bond motifs is 1. The second-order valence-corrected chi connectivity index (χ2v) is 11.9. The monoisotopic (exact) mass is 687 g/mol. The molecule has 2 aromatic heterocycles. The Hall–Kier alpha value is -5.66.